The molecule has 0 radical (unpaired) electrons. The summed E-state index contributed by atoms with van der Waals surface area (Å²) < 4.78 is 5.77. The zero-order chi connectivity index (χ0) is 8.39. The van der Waals surface area contributed by atoms with Gasteiger partial charge >= 0.3 is 0 Å². The average Bonchev–Trinajstić information content (AvgIpc) is 2.63. The number of nitrogens with one attached hydrogen (secondary N) is 1. The molecule has 1 saturated heterocycles. The van der Waals surface area contributed by atoms with Crippen LogP contribution in [0, 0.1) is 0 Å². The molecule has 2 N–H and O–H groups in total. The molecule has 1 saturated carbocycles. The number of β-amino-alcohol motifs (C(OH)–C–C–N with tert-alkyl or cyclic N) is 1. The fourth-order valence-electron chi connectivity index (χ4n) is 2.04. The van der Waals surface area contributed by atoms with E-state index < -0.39 is 0 Å². The van der Waals surface area contributed by atoms with Crippen LogP contribution in [0.2, 0.25) is 0 Å². The summed E-state index contributed by atoms with van der Waals surface area (Å²) in [5.41, 5.74) is 0. The minimum Gasteiger partial charge on any atom is -0.392 e. The summed E-state index contributed by atoms with van der Waals surface area (Å²) in [5, 5.41) is 12.4. The number of hydrogen-bond acceptors (Lipinski definition) is 3. The Balaban J connectivity index is 0.000000845. The van der Waals surface area contributed by atoms with Gasteiger partial charge in [-0.2, -0.15) is 0 Å². The molecule has 0 bridgehead atoms. The second-order valence-electron chi connectivity index (χ2n) is 3.83. The van der Waals surface area contributed by atoms with Gasteiger partial charge in [-0.1, -0.05) is 12.8 Å². The first-order valence-corrected chi connectivity index (χ1v) is 4.91. The quantitative estimate of drug-likeness (QED) is 0.679. The van der Waals surface area contributed by atoms with Gasteiger partial charge in [-0.25, -0.2) is 0 Å². The summed E-state index contributed by atoms with van der Waals surface area (Å²) in [6.45, 7) is 0.692. The van der Waals surface area contributed by atoms with E-state index in [1.54, 1.807) is 0 Å². The zero-order valence-electron chi connectivity index (χ0n) is 7.68. The predicted octanol–water partition coefficient (Wildman–Crippen LogP) is 0.623. The van der Waals surface area contributed by atoms with Crippen molar-refractivity contribution in [1.29, 1.82) is 0 Å². The third-order valence-electron chi connectivity index (χ3n) is 2.73. The maximum absolute atomic E-state index is 9.23. The van der Waals surface area contributed by atoms with Gasteiger partial charge in [0.05, 0.1) is 12.2 Å². The Hall–Kier alpha value is 0.399. The Morgan fingerprint density at radius 1 is 1.23 bits per heavy atom. The van der Waals surface area contributed by atoms with Crippen molar-refractivity contribution in [3.8, 4) is 0 Å². The molecule has 78 valence electrons. The van der Waals surface area contributed by atoms with Crippen LogP contribution in [0.4, 0.5) is 0 Å². The minimum absolute atomic E-state index is 0. The first-order chi connectivity index (χ1) is 5.84. The molecule has 2 atom stereocenters. The number of hydrogen-bond donors (Lipinski definition) is 2. The van der Waals surface area contributed by atoms with Gasteiger partial charge in [0.1, 0.15) is 6.23 Å². The van der Waals surface area contributed by atoms with Gasteiger partial charge in [-0.3, -0.25) is 5.32 Å². The topological polar surface area (TPSA) is 41.5 Å². The van der Waals surface area contributed by atoms with E-state index in [1.807, 2.05) is 0 Å². The van der Waals surface area contributed by atoms with Crippen molar-refractivity contribution < 1.29 is 26.9 Å². The van der Waals surface area contributed by atoms with Gasteiger partial charge in [-0.05, 0) is 12.8 Å². The van der Waals surface area contributed by atoms with E-state index in [0.29, 0.717) is 12.6 Å². The van der Waals surface area contributed by atoms with Gasteiger partial charge in [0.15, 0.2) is 0 Å². The Labute approximate surface area is 89.7 Å². The van der Waals surface area contributed by atoms with Crippen molar-refractivity contribution in [3.63, 3.8) is 0 Å². The van der Waals surface area contributed by atoms with Crippen molar-refractivity contribution in [2.75, 3.05) is 6.54 Å². The number of aliphatic hydroxyl groups is 1. The molecule has 0 aromatic rings. The molecule has 1 heterocycles. The van der Waals surface area contributed by atoms with Crippen molar-refractivity contribution in [1.82, 2.24) is 5.32 Å². The Bertz CT molecular complexity index is 151. The van der Waals surface area contributed by atoms with Crippen molar-refractivity contribution in [3.05, 3.63) is 0 Å². The number of aliphatic hydroxyl groups excluding tert-OH is 1. The minimum atomic E-state index is -0.198. The summed E-state index contributed by atoms with van der Waals surface area (Å²) in [5.74, 6) is 0. The van der Waals surface area contributed by atoms with E-state index >= 15 is 0 Å². The molecule has 0 aromatic heterocycles. The average molecular weight is 227 g/mol. The first kappa shape index (κ1) is 11.5. The Morgan fingerprint density at radius 3 is 2.46 bits per heavy atom. The van der Waals surface area contributed by atoms with E-state index in [0.717, 1.165) is 6.42 Å². The summed E-state index contributed by atoms with van der Waals surface area (Å²) in [7, 11) is 0. The van der Waals surface area contributed by atoms with Gasteiger partial charge < -0.3 is 9.84 Å². The molecule has 2 unspecified atom stereocenters. The second kappa shape index (κ2) is 5.32. The fraction of sp³-hybridized carbons (Fsp3) is 1.00. The van der Waals surface area contributed by atoms with Crippen LogP contribution in [-0.2, 0) is 21.8 Å². The van der Waals surface area contributed by atoms with Crippen LogP contribution in [0.25, 0.3) is 0 Å². The molecule has 0 spiro atoms. The predicted molar refractivity (Wildman–Crippen MR) is 45.8 cm³/mol. The van der Waals surface area contributed by atoms with Crippen molar-refractivity contribution >= 4 is 0 Å². The maximum atomic E-state index is 9.23. The molecule has 2 aliphatic rings. The van der Waals surface area contributed by atoms with Crippen LogP contribution in [0.15, 0.2) is 0 Å². The molecular formula is C9H17FeNO2. The van der Waals surface area contributed by atoms with E-state index in [1.165, 1.54) is 25.7 Å². The van der Waals surface area contributed by atoms with E-state index in [4.69, 9.17) is 4.74 Å². The number of ether oxygens (including phenoxy) is 1. The Morgan fingerprint density at radius 2 is 1.92 bits per heavy atom. The normalized spacial score (nSPS) is 34.8. The van der Waals surface area contributed by atoms with Crippen molar-refractivity contribution in [2.45, 2.75) is 50.5 Å². The van der Waals surface area contributed by atoms with Crippen LogP contribution in [0.5, 0.6) is 0 Å². The second-order valence-corrected chi connectivity index (χ2v) is 3.83. The monoisotopic (exact) mass is 227 g/mol. The smallest absolute Gasteiger partial charge is 0.111 e. The van der Waals surface area contributed by atoms with E-state index in [9.17, 15) is 5.11 Å². The van der Waals surface area contributed by atoms with Crippen LogP contribution >= 0.6 is 0 Å². The standard InChI is InChI=1S/C9H17NO2.Fe/c11-7-5-9(10-6-7)12-8-3-1-2-4-8;/h7-11H,1-6H2;. The Kier molecular flexibility index (Phi) is 4.70. The molecule has 3 nitrogen and oxygen atoms in total. The SMILES string of the molecule is OC1CNC(OC2CCCC2)C1.[Fe]. The summed E-state index contributed by atoms with van der Waals surface area (Å²) in [6, 6.07) is 0. The first-order valence-electron chi connectivity index (χ1n) is 4.91. The molecule has 13 heavy (non-hydrogen) atoms. The molecule has 0 aromatic carbocycles. The van der Waals surface area contributed by atoms with Gasteiger partial charge in [-0.15, -0.1) is 0 Å². The molecular weight excluding hydrogens is 210 g/mol. The molecule has 2 fully saturated rings. The molecule has 4 heteroatoms. The molecule has 1 aliphatic carbocycles. The van der Waals surface area contributed by atoms with Gasteiger partial charge in [0.2, 0.25) is 0 Å². The third-order valence-corrected chi connectivity index (χ3v) is 2.73. The zero-order valence-corrected chi connectivity index (χ0v) is 8.79. The van der Waals surface area contributed by atoms with Crippen molar-refractivity contribution in [2.24, 2.45) is 0 Å². The van der Waals surface area contributed by atoms with Crippen LogP contribution in [0.3, 0.4) is 0 Å². The molecule has 2 rings (SSSR count). The fourth-order valence-corrected chi connectivity index (χ4v) is 2.04. The van der Waals surface area contributed by atoms with Crippen LogP contribution in [0.1, 0.15) is 32.1 Å². The van der Waals surface area contributed by atoms with E-state index in [-0.39, 0.29) is 29.4 Å². The number of rotatable bonds is 2. The summed E-state index contributed by atoms with van der Waals surface area (Å²) in [4.78, 5) is 0. The van der Waals surface area contributed by atoms with Gasteiger partial charge in [0.25, 0.3) is 0 Å². The third kappa shape index (κ3) is 3.22. The largest absolute Gasteiger partial charge is 0.392 e. The molecule has 0 amide bonds. The van der Waals surface area contributed by atoms with Gasteiger partial charge in [0, 0.05) is 30.0 Å². The van der Waals surface area contributed by atoms with Crippen LogP contribution in [-0.4, -0.2) is 30.1 Å². The van der Waals surface area contributed by atoms with Crippen LogP contribution < -0.4 is 5.32 Å². The maximum Gasteiger partial charge on any atom is 0.111 e. The molecule has 1 aliphatic heterocycles. The summed E-state index contributed by atoms with van der Waals surface area (Å²) >= 11 is 0. The summed E-state index contributed by atoms with van der Waals surface area (Å²) in [6.07, 6.45) is 6.14. The van der Waals surface area contributed by atoms with E-state index in [2.05, 4.69) is 5.32 Å².